The predicted octanol–water partition coefficient (Wildman–Crippen LogP) is 2.84. The summed E-state index contributed by atoms with van der Waals surface area (Å²) in [4.78, 5) is 11.6. The topological polar surface area (TPSA) is 88.1 Å². The number of sulfone groups is 1. The van der Waals surface area contributed by atoms with Crippen molar-refractivity contribution in [3.8, 4) is 17.2 Å². The van der Waals surface area contributed by atoms with E-state index in [1.54, 1.807) is 19.1 Å². The Kier molecular flexibility index (Phi) is 4.97. The molecule has 0 radical (unpaired) electrons. The molecule has 2 aromatic rings. The third-order valence-corrected chi connectivity index (χ3v) is 5.80. The second kappa shape index (κ2) is 7.05. The van der Waals surface area contributed by atoms with Crippen LogP contribution < -0.4 is 14.2 Å². The number of ether oxygens (including phenoxy) is 4. The molecule has 2 aromatic carbocycles. The number of esters is 1. The molecule has 1 unspecified atom stereocenters. The molecule has 26 heavy (non-hydrogen) atoms. The zero-order valence-electron chi connectivity index (χ0n) is 13.9. The first kappa shape index (κ1) is 18.3. The van der Waals surface area contributed by atoms with Crippen molar-refractivity contribution < 1.29 is 32.2 Å². The molecule has 1 aliphatic rings. The van der Waals surface area contributed by atoms with E-state index in [0.29, 0.717) is 5.75 Å². The molecular weight excluding hydrogens is 384 g/mol. The predicted molar refractivity (Wildman–Crippen MR) is 91.6 cm³/mol. The molecule has 3 rings (SSSR count). The largest absolute Gasteiger partial charge is 0.497 e. The lowest BCUT2D eigenvalue weighted by atomic mass is 10.3. The number of methoxy groups -OCH3 is 1. The molecule has 0 bridgehead atoms. The quantitative estimate of drug-likeness (QED) is 0.715. The average Bonchev–Trinajstić information content (AvgIpc) is 3.04. The highest BCUT2D eigenvalue weighted by Gasteiger charge is 2.34. The van der Waals surface area contributed by atoms with Gasteiger partial charge in [-0.05, 0) is 25.1 Å². The van der Waals surface area contributed by atoms with Crippen molar-refractivity contribution in [1.82, 2.24) is 0 Å². The van der Waals surface area contributed by atoms with Gasteiger partial charge in [0.25, 0.3) is 0 Å². The van der Waals surface area contributed by atoms with E-state index in [4.69, 9.17) is 30.5 Å². The van der Waals surface area contributed by atoms with Crippen molar-refractivity contribution in [3.63, 3.8) is 0 Å². The number of fused-ring (bicyclic) bond motifs is 1. The van der Waals surface area contributed by atoms with E-state index in [1.807, 2.05) is 0 Å². The van der Waals surface area contributed by atoms with Gasteiger partial charge in [-0.15, -0.1) is 0 Å². The minimum Gasteiger partial charge on any atom is -0.497 e. The van der Waals surface area contributed by atoms with Crippen LogP contribution in [0.15, 0.2) is 46.2 Å². The van der Waals surface area contributed by atoms with Gasteiger partial charge in [-0.3, -0.25) is 0 Å². The van der Waals surface area contributed by atoms with E-state index >= 15 is 0 Å². The Hall–Kier alpha value is -2.45. The van der Waals surface area contributed by atoms with Gasteiger partial charge >= 0.3 is 12.3 Å². The number of halogens is 1. The molecule has 9 heteroatoms. The van der Waals surface area contributed by atoms with E-state index in [-0.39, 0.29) is 32.9 Å². The van der Waals surface area contributed by atoms with Gasteiger partial charge in [-0.25, -0.2) is 13.2 Å². The van der Waals surface area contributed by atoms with Crippen molar-refractivity contribution in [1.29, 1.82) is 0 Å². The van der Waals surface area contributed by atoms with Gasteiger partial charge in [0, 0.05) is 12.1 Å². The molecule has 1 aliphatic heterocycles. The van der Waals surface area contributed by atoms with Crippen LogP contribution in [0, 0.1) is 0 Å². The minimum absolute atomic E-state index is 0.0135. The van der Waals surface area contributed by atoms with Crippen LogP contribution in [0.1, 0.15) is 6.92 Å². The summed E-state index contributed by atoms with van der Waals surface area (Å²) in [5.74, 6) is -0.0612. The van der Waals surface area contributed by atoms with Gasteiger partial charge < -0.3 is 18.9 Å². The number of hydrogen-bond acceptors (Lipinski definition) is 7. The van der Waals surface area contributed by atoms with Gasteiger partial charge in [-0.2, -0.15) is 0 Å². The Bertz CT molecular complexity index is 956. The molecular formula is C17H15ClO7S. The Balaban J connectivity index is 1.98. The molecule has 0 fully saturated rings. The van der Waals surface area contributed by atoms with Crippen molar-refractivity contribution >= 4 is 27.4 Å². The summed E-state index contributed by atoms with van der Waals surface area (Å²) in [6, 6.07) is 8.53. The summed E-state index contributed by atoms with van der Waals surface area (Å²) in [6.45, 7) is 1.81. The van der Waals surface area contributed by atoms with Gasteiger partial charge in [0.1, 0.15) is 5.75 Å². The molecule has 7 nitrogen and oxygen atoms in total. The maximum atomic E-state index is 12.9. The highest BCUT2D eigenvalue weighted by molar-refractivity contribution is 7.91. The number of rotatable bonds is 5. The Labute approximate surface area is 155 Å². The third kappa shape index (κ3) is 3.30. The van der Waals surface area contributed by atoms with E-state index in [0.717, 1.165) is 0 Å². The average molecular weight is 399 g/mol. The van der Waals surface area contributed by atoms with E-state index in [9.17, 15) is 13.2 Å². The first-order valence-electron chi connectivity index (χ1n) is 7.59. The van der Waals surface area contributed by atoms with Crippen LogP contribution in [0.5, 0.6) is 17.2 Å². The maximum absolute atomic E-state index is 12.9. The molecule has 0 aromatic heterocycles. The molecule has 0 aliphatic carbocycles. The lowest BCUT2D eigenvalue weighted by Gasteiger charge is -2.09. The Morgan fingerprint density at radius 3 is 2.54 bits per heavy atom. The van der Waals surface area contributed by atoms with Gasteiger partial charge in [0.2, 0.25) is 9.84 Å². The van der Waals surface area contributed by atoms with Crippen LogP contribution in [0.3, 0.4) is 0 Å². The fraction of sp³-hybridized carbons (Fsp3) is 0.235. The third-order valence-electron chi connectivity index (χ3n) is 3.59. The van der Waals surface area contributed by atoms with Crippen molar-refractivity contribution in [2.24, 2.45) is 0 Å². The summed E-state index contributed by atoms with van der Waals surface area (Å²) in [5, 5.41) is -0.0559. The number of carbonyl (C=O) groups excluding carboxylic acids is 1. The summed E-state index contributed by atoms with van der Waals surface area (Å²) >= 11 is 6.14. The number of hydrogen-bond donors (Lipinski definition) is 0. The van der Waals surface area contributed by atoms with E-state index in [2.05, 4.69) is 0 Å². The minimum atomic E-state index is -3.94. The van der Waals surface area contributed by atoms with E-state index < -0.39 is 22.1 Å². The van der Waals surface area contributed by atoms with Gasteiger partial charge in [0.15, 0.2) is 11.5 Å². The Morgan fingerprint density at radius 2 is 1.88 bits per heavy atom. The van der Waals surface area contributed by atoms with Crippen LogP contribution in [0.4, 0.5) is 0 Å². The smallest absolute Gasteiger partial charge is 0.389 e. The summed E-state index contributed by atoms with van der Waals surface area (Å²) in [5.41, 5.74) is 0. The molecule has 138 valence electrons. The molecule has 0 spiro atoms. The second-order valence-electron chi connectivity index (χ2n) is 5.23. The zero-order valence-corrected chi connectivity index (χ0v) is 15.5. The molecule has 0 saturated heterocycles. The number of carbonyl (C=O) groups is 1. The normalized spacial score (nSPS) is 15.6. The first-order valence-corrected chi connectivity index (χ1v) is 9.45. The van der Waals surface area contributed by atoms with Crippen LogP contribution in [0.2, 0.25) is 5.02 Å². The van der Waals surface area contributed by atoms with Crippen molar-refractivity contribution in [3.05, 3.63) is 41.4 Å². The molecule has 0 amide bonds. The Morgan fingerprint density at radius 1 is 1.19 bits per heavy atom. The first-order chi connectivity index (χ1) is 12.4. The fourth-order valence-electron chi connectivity index (χ4n) is 2.36. The summed E-state index contributed by atoms with van der Waals surface area (Å²) < 4.78 is 46.4. The molecule has 0 N–H and O–H groups in total. The van der Waals surface area contributed by atoms with Crippen LogP contribution in [0.25, 0.3) is 0 Å². The summed E-state index contributed by atoms with van der Waals surface area (Å²) in [7, 11) is -2.50. The molecule has 1 atom stereocenters. The zero-order chi connectivity index (χ0) is 18.9. The number of benzene rings is 2. The van der Waals surface area contributed by atoms with Crippen molar-refractivity contribution in [2.45, 2.75) is 23.0 Å². The highest BCUT2D eigenvalue weighted by Crippen LogP contribution is 2.42. The van der Waals surface area contributed by atoms with E-state index in [1.165, 1.54) is 31.4 Å². The highest BCUT2D eigenvalue weighted by atomic mass is 35.5. The second-order valence-corrected chi connectivity index (χ2v) is 7.56. The lowest BCUT2D eigenvalue weighted by Crippen LogP contribution is -2.30. The fourth-order valence-corrected chi connectivity index (χ4v) is 4.18. The maximum Gasteiger partial charge on any atom is 0.389 e. The standard InChI is InChI=1S/C17H15ClO7S/c1-3-23-16(19)17-24-13-8-12(18)15(9-14(13)25-17)26(20,21)11-6-4-5-10(7-11)22-2/h4-9,17H,3H2,1-2H3. The van der Waals surface area contributed by atoms with Crippen LogP contribution in [-0.4, -0.2) is 34.4 Å². The van der Waals surface area contributed by atoms with Crippen LogP contribution in [-0.2, 0) is 19.4 Å². The van der Waals surface area contributed by atoms with Gasteiger partial charge in [-0.1, -0.05) is 17.7 Å². The lowest BCUT2D eigenvalue weighted by molar-refractivity contribution is -0.161. The molecule has 1 heterocycles. The van der Waals surface area contributed by atoms with Crippen molar-refractivity contribution in [2.75, 3.05) is 13.7 Å². The SMILES string of the molecule is CCOC(=O)C1Oc2cc(Cl)c(S(=O)(=O)c3cccc(OC)c3)cc2O1. The molecule has 0 saturated carbocycles. The monoisotopic (exact) mass is 398 g/mol. The van der Waals surface area contributed by atoms with Crippen LogP contribution >= 0.6 is 11.6 Å². The van der Waals surface area contributed by atoms with Gasteiger partial charge in [0.05, 0.1) is 28.5 Å². The summed E-state index contributed by atoms with van der Waals surface area (Å²) in [6.07, 6.45) is -1.30.